The molecule has 0 aliphatic heterocycles. The van der Waals surface area contributed by atoms with E-state index in [4.69, 9.17) is 0 Å². The van der Waals surface area contributed by atoms with E-state index in [2.05, 4.69) is 207 Å². The first-order chi connectivity index (χ1) is 26.1. The summed E-state index contributed by atoms with van der Waals surface area (Å²) in [6.45, 7) is 8.69. The first kappa shape index (κ1) is 34.2. The quantitative estimate of drug-likeness (QED) is 0.129. The largest absolute Gasteiger partial charge is 0.311 e. The molecule has 0 fully saturated rings. The Morgan fingerprint density at radius 1 is 0.604 bits per heavy atom. The first-order valence-electron chi connectivity index (χ1n) is 18.7. The van der Waals surface area contributed by atoms with Crippen LogP contribution in [0.5, 0.6) is 0 Å². The van der Waals surface area contributed by atoms with Crippen molar-refractivity contribution in [2.24, 2.45) is 0 Å². The highest BCUT2D eigenvalue weighted by Gasteiger charge is 2.20. The minimum Gasteiger partial charge on any atom is -0.311 e. The van der Waals surface area contributed by atoms with Gasteiger partial charge in [-0.2, -0.15) is 0 Å². The summed E-state index contributed by atoms with van der Waals surface area (Å²) in [6.07, 6.45) is 13.1. The molecule has 0 aliphatic rings. The molecule has 0 amide bonds. The van der Waals surface area contributed by atoms with Crippen molar-refractivity contribution >= 4 is 60.7 Å². The third-order valence-corrected chi connectivity index (χ3v) is 11.3. The molecule has 3 heteroatoms. The van der Waals surface area contributed by atoms with Crippen molar-refractivity contribution in [2.75, 3.05) is 4.90 Å². The number of thiophene rings is 1. The number of rotatable bonds is 10. The zero-order valence-electron chi connectivity index (χ0n) is 30.9. The number of aromatic nitrogens is 1. The Hall–Kier alpha value is -5.90. The third kappa shape index (κ3) is 6.43. The van der Waals surface area contributed by atoms with Gasteiger partial charge >= 0.3 is 0 Å². The van der Waals surface area contributed by atoms with E-state index in [1.807, 2.05) is 11.3 Å². The van der Waals surface area contributed by atoms with Gasteiger partial charge in [-0.15, -0.1) is 11.3 Å². The molecule has 260 valence electrons. The standard InChI is InChI=1S/C50H44N2S/c1-5-17-39(18-6-2)51(41-27-29-50-46(34-41)45(19-7-3)49(8-4)53-50)42-31-37(35-20-11-9-12-21-35)30-38(32-42)36-26-28-44-43-24-15-16-25-47(43)52(48(44)33-36)40-22-13-10-14-23-40/h5,7,9-34H,6,8H2,1-4H3/b17-5-,19-7-,39-18+. The van der Waals surface area contributed by atoms with Crippen molar-refractivity contribution in [3.63, 3.8) is 0 Å². The number of para-hydroxylation sites is 2. The van der Waals surface area contributed by atoms with Crippen LogP contribution in [0.3, 0.4) is 0 Å². The lowest BCUT2D eigenvalue weighted by Gasteiger charge is -2.28. The lowest BCUT2D eigenvalue weighted by atomic mass is 9.96. The zero-order chi connectivity index (χ0) is 36.3. The molecule has 0 radical (unpaired) electrons. The van der Waals surface area contributed by atoms with E-state index >= 15 is 0 Å². The van der Waals surface area contributed by atoms with Crippen molar-refractivity contribution in [1.29, 1.82) is 0 Å². The number of aryl methyl sites for hydroxylation is 1. The average molecular weight is 705 g/mol. The van der Waals surface area contributed by atoms with Crippen LogP contribution >= 0.6 is 11.3 Å². The molecule has 2 heterocycles. The Kier molecular flexibility index (Phi) is 9.67. The van der Waals surface area contributed by atoms with Gasteiger partial charge in [-0.3, -0.25) is 0 Å². The fourth-order valence-electron chi connectivity index (χ4n) is 7.68. The molecule has 0 spiro atoms. The predicted octanol–water partition coefficient (Wildman–Crippen LogP) is 14.9. The molecular weight excluding hydrogens is 661 g/mol. The summed E-state index contributed by atoms with van der Waals surface area (Å²) in [5.41, 5.74) is 13.1. The van der Waals surface area contributed by atoms with Gasteiger partial charge in [0.15, 0.2) is 0 Å². The van der Waals surface area contributed by atoms with E-state index in [0.29, 0.717) is 0 Å². The third-order valence-electron chi connectivity index (χ3n) is 10.0. The molecule has 0 saturated heterocycles. The van der Waals surface area contributed by atoms with Crippen molar-refractivity contribution in [3.05, 3.63) is 180 Å². The fourth-order valence-corrected chi connectivity index (χ4v) is 8.79. The summed E-state index contributed by atoms with van der Waals surface area (Å²) in [5.74, 6) is 0. The number of hydrogen-bond acceptors (Lipinski definition) is 2. The summed E-state index contributed by atoms with van der Waals surface area (Å²) in [6, 6.07) is 51.3. The van der Waals surface area contributed by atoms with Crippen LogP contribution in [-0.2, 0) is 6.42 Å². The molecule has 2 aromatic heterocycles. The number of fused-ring (bicyclic) bond motifs is 4. The molecule has 8 aromatic rings. The fraction of sp³-hybridized carbons (Fsp3) is 0.120. The second-order valence-electron chi connectivity index (χ2n) is 13.4. The first-order valence-corrected chi connectivity index (χ1v) is 19.5. The van der Waals surface area contributed by atoms with Crippen LogP contribution in [0.4, 0.5) is 11.4 Å². The van der Waals surface area contributed by atoms with Crippen LogP contribution in [0.15, 0.2) is 170 Å². The second-order valence-corrected chi connectivity index (χ2v) is 14.5. The number of nitrogens with zero attached hydrogens (tertiary/aromatic N) is 2. The van der Waals surface area contributed by atoms with Crippen LogP contribution in [0.1, 0.15) is 44.6 Å². The average Bonchev–Trinajstić information content (AvgIpc) is 3.73. The number of hydrogen-bond donors (Lipinski definition) is 0. The Balaban J connectivity index is 1.39. The van der Waals surface area contributed by atoms with Crippen molar-refractivity contribution in [3.8, 4) is 27.9 Å². The van der Waals surface area contributed by atoms with Gasteiger partial charge in [0.25, 0.3) is 0 Å². The van der Waals surface area contributed by atoms with Crippen molar-refractivity contribution in [1.82, 2.24) is 4.57 Å². The molecule has 2 nitrogen and oxygen atoms in total. The monoisotopic (exact) mass is 704 g/mol. The number of anilines is 2. The highest BCUT2D eigenvalue weighted by Crippen LogP contribution is 2.42. The van der Waals surface area contributed by atoms with Crippen LogP contribution in [-0.4, -0.2) is 4.57 Å². The van der Waals surface area contributed by atoms with Gasteiger partial charge in [0, 0.05) is 48.5 Å². The van der Waals surface area contributed by atoms with Crippen LogP contribution in [0.25, 0.3) is 65.9 Å². The Bertz CT molecular complexity index is 2650. The van der Waals surface area contributed by atoms with Crippen molar-refractivity contribution < 1.29 is 0 Å². The molecule has 53 heavy (non-hydrogen) atoms. The zero-order valence-corrected chi connectivity index (χ0v) is 31.7. The molecule has 8 rings (SSSR count). The maximum Gasteiger partial charge on any atom is 0.0547 e. The molecule has 6 aromatic carbocycles. The van der Waals surface area contributed by atoms with E-state index < -0.39 is 0 Å². The molecule has 0 aliphatic carbocycles. The SMILES string of the molecule is C/C=C\C(=C/CC)N(c1cc(-c2ccccc2)cc(-c2ccc3c4ccccc4n(-c4ccccc4)c3c2)c1)c1ccc2sc(CC)c(/C=C\C)c2c1. The van der Waals surface area contributed by atoms with Gasteiger partial charge < -0.3 is 9.47 Å². The summed E-state index contributed by atoms with van der Waals surface area (Å²) >= 11 is 1.91. The Labute approximate surface area is 317 Å². The molecule has 0 bridgehead atoms. The van der Waals surface area contributed by atoms with E-state index in [9.17, 15) is 0 Å². The van der Waals surface area contributed by atoms with Gasteiger partial charge in [-0.05, 0) is 121 Å². The topological polar surface area (TPSA) is 8.17 Å². The van der Waals surface area contributed by atoms with E-state index in [1.54, 1.807) is 0 Å². The molecule has 0 unspecified atom stereocenters. The molecule has 0 N–H and O–H groups in total. The normalized spacial score (nSPS) is 12.3. The highest BCUT2D eigenvalue weighted by atomic mass is 32.1. The Morgan fingerprint density at radius 2 is 1.32 bits per heavy atom. The van der Waals surface area contributed by atoms with E-state index in [0.717, 1.165) is 35.6 Å². The molecule has 0 atom stereocenters. The summed E-state index contributed by atoms with van der Waals surface area (Å²) in [7, 11) is 0. The van der Waals surface area contributed by atoms with Gasteiger partial charge in [0.05, 0.1) is 11.0 Å². The maximum atomic E-state index is 2.45. The molecular formula is C50H44N2S. The van der Waals surface area contributed by atoms with Crippen molar-refractivity contribution in [2.45, 2.75) is 40.5 Å². The van der Waals surface area contributed by atoms with Gasteiger partial charge in [-0.1, -0.05) is 117 Å². The number of benzene rings is 6. The lowest BCUT2D eigenvalue weighted by molar-refractivity contribution is 1.14. The van der Waals surface area contributed by atoms with E-state index in [1.165, 1.54) is 64.6 Å². The Morgan fingerprint density at radius 3 is 2.06 bits per heavy atom. The van der Waals surface area contributed by atoms with Gasteiger partial charge in [0.1, 0.15) is 0 Å². The number of allylic oxidation sites excluding steroid dienone is 4. The van der Waals surface area contributed by atoms with Gasteiger partial charge in [-0.25, -0.2) is 0 Å². The van der Waals surface area contributed by atoms with Crippen LogP contribution in [0, 0.1) is 0 Å². The predicted molar refractivity (Wildman–Crippen MR) is 233 cm³/mol. The summed E-state index contributed by atoms with van der Waals surface area (Å²) < 4.78 is 3.73. The second kappa shape index (κ2) is 15.0. The van der Waals surface area contributed by atoms with Crippen LogP contribution in [0.2, 0.25) is 0 Å². The highest BCUT2D eigenvalue weighted by molar-refractivity contribution is 7.19. The minimum atomic E-state index is 0.923. The maximum absolute atomic E-state index is 2.45. The van der Waals surface area contributed by atoms with Crippen LogP contribution < -0.4 is 4.90 Å². The minimum absolute atomic E-state index is 0.923. The van der Waals surface area contributed by atoms with Gasteiger partial charge in [0.2, 0.25) is 0 Å². The summed E-state index contributed by atoms with van der Waals surface area (Å²) in [5, 5.41) is 3.82. The smallest absolute Gasteiger partial charge is 0.0547 e. The lowest BCUT2D eigenvalue weighted by Crippen LogP contribution is -2.15. The summed E-state index contributed by atoms with van der Waals surface area (Å²) in [4.78, 5) is 3.87. The molecule has 0 saturated carbocycles. The van der Waals surface area contributed by atoms with E-state index in [-0.39, 0.29) is 0 Å².